The first-order chi connectivity index (χ1) is 15.7. The fourth-order valence-corrected chi connectivity index (χ4v) is 5.03. The first kappa shape index (κ1) is 24.4. The van der Waals surface area contributed by atoms with Crippen LogP contribution >= 0.6 is 0 Å². The van der Waals surface area contributed by atoms with E-state index < -0.39 is 10.8 Å². The Morgan fingerprint density at radius 3 is 2.27 bits per heavy atom. The Morgan fingerprint density at radius 2 is 1.55 bits per heavy atom. The second-order valence-corrected chi connectivity index (χ2v) is 9.31. The fourth-order valence-electron chi connectivity index (χ4n) is 3.97. The van der Waals surface area contributed by atoms with Gasteiger partial charge >= 0.3 is 0 Å². The normalized spacial score (nSPS) is 15.9. The summed E-state index contributed by atoms with van der Waals surface area (Å²) in [5, 5.41) is 0. The zero-order valence-corrected chi connectivity index (χ0v) is 19.6. The van der Waals surface area contributed by atoms with E-state index >= 15 is 0 Å². The lowest BCUT2D eigenvalue weighted by Gasteiger charge is -2.29. The highest BCUT2D eigenvalue weighted by molar-refractivity contribution is 7.85. The van der Waals surface area contributed by atoms with Gasteiger partial charge in [0.05, 0.1) is 10.8 Å². The van der Waals surface area contributed by atoms with Gasteiger partial charge in [-0.1, -0.05) is 60.2 Å². The largest absolute Gasteiger partial charge is 0.412 e. The van der Waals surface area contributed by atoms with Gasteiger partial charge in [-0.15, -0.1) is 0 Å². The second kappa shape index (κ2) is 11.5. The maximum atomic E-state index is 13.6. The van der Waals surface area contributed by atoms with Crippen LogP contribution in [0.5, 0.6) is 0 Å². The molecule has 1 unspecified atom stereocenters. The molecule has 1 aliphatic heterocycles. The molecule has 0 bridgehead atoms. The van der Waals surface area contributed by atoms with Gasteiger partial charge in [0.25, 0.3) is 5.91 Å². The summed E-state index contributed by atoms with van der Waals surface area (Å²) in [7, 11) is -1.27. The van der Waals surface area contributed by atoms with Crippen LogP contribution in [0.3, 0.4) is 0 Å². The number of anilines is 1. The monoisotopic (exact) mass is 459 g/mol. The van der Waals surface area contributed by atoms with Crippen molar-refractivity contribution in [3.63, 3.8) is 0 Å². The number of hydrogen-bond acceptors (Lipinski definition) is 2. The molecule has 3 aromatic carbocycles. The molecule has 0 saturated carbocycles. The Bertz CT molecular complexity index is 1170. The SMILES string of the molecule is C/C=C\C=C1/CCCc2ccccc2N(C(=O)c2ccc(S(=O)c3ccccc3)cc2)C1.O. The molecule has 1 amide bonds. The van der Waals surface area contributed by atoms with Gasteiger partial charge in [-0.25, -0.2) is 4.21 Å². The molecule has 4 nitrogen and oxygen atoms in total. The summed E-state index contributed by atoms with van der Waals surface area (Å²) in [6, 6.07) is 24.7. The molecule has 4 rings (SSSR count). The van der Waals surface area contributed by atoms with E-state index in [4.69, 9.17) is 0 Å². The van der Waals surface area contributed by atoms with Crippen LogP contribution in [0.4, 0.5) is 5.69 Å². The lowest BCUT2D eigenvalue weighted by Crippen LogP contribution is -2.34. The molecule has 170 valence electrons. The Balaban J connectivity index is 0.00000306. The molecule has 0 aliphatic carbocycles. The van der Waals surface area contributed by atoms with Crippen molar-refractivity contribution in [2.45, 2.75) is 36.0 Å². The highest BCUT2D eigenvalue weighted by Gasteiger charge is 2.23. The van der Waals surface area contributed by atoms with E-state index in [0.29, 0.717) is 17.0 Å². The minimum Gasteiger partial charge on any atom is -0.412 e. The number of hydrogen-bond donors (Lipinski definition) is 0. The van der Waals surface area contributed by atoms with Crippen LogP contribution in [-0.2, 0) is 17.2 Å². The van der Waals surface area contributed by atoms with Gasteiger partial charge in [-0.3, -0.25) is 4.79 Å². The van der Waals surface area contributed by atoms with Crippen LogP contribution in [0.2, 0.25) is 0 Å². The van der Waals surface area contributed by atoms with E-state index in [1.807, 2.05) is 72.5 Å². The Hall–Kier alpha value is -3.28. The van der Waals surface area contributed by atoms with Crippen LogP contribution in [0.25, 0.3) is 0 Å². The smallest absolute Gasteiger partial charge is 0.258 e. The highest BCUT2D eigenvalue weighted by Crippen LogP contribution is 2.29. The Morgan fingerprint density at radius 1 is 0.879 bits per heavy atom. The van der Waals surface area contributed by atoms with Crippen molar-refractivity contribution >= 4 is 22.4 Å². The van der Waals surface area contributed by atoms with E-state index in [2.05, 4.69) is 12.1 Å². The molecule has 5 heteroatoms. The summed E-state index contributed by atoms with van der Waals surface area (Å²) in [6.07, 6.45) is 9.17. The van der Waals surface area contributed by atoms with Crippen LogP contribution in [0.15, 0.2) is 112 Å². The first-order valence-electron chi connectivity index (χ1n) is 10.9. The minimum atomic E-state index is -1.27. The number of carbonyl (C=O) groups is 1. The highest BCUT2D eigenvalue weighted by atomic mass is 32.2. The van der Waals surface area contributed by atoms with Gasteiger partial charge in [0.1, 0.15) is 0 Å². The summed E-state index contributed by atoms with van der Waals surface area (Å²) in [4.78, 5) is 16.9. The molecule has 0 aromatic heterocycles. The van der Waals surface area contributed by atoms with E-state index in [9.17, 15) is 9.00 Å². The lowest BCUT2D eigenvalue weighted by atomic mass is 9.97. The third-order valence-corrected chi connectivity index (χ3v) is 7.03. The number of nitrogens with zero attached hydrogens (tertiary/aromatic N) is 1. The molecule has 2 N–H and O–H groups in total. The Labute approximate surface area is 198 Å². The molecule has 1 heterocycles. The molecule has 1 atom stereocenters. The maximum absolute atomic E-state index is 13.6. The van der Waals surface area contributed by atoms with Gasteiger partial charge in [0.15, 0.2) is 0 Å². The third kappa shape index (κ3) is 5.75. The quantitative estimate of drug-likeness (QED) is 0.516. The van der Waals surface area contributed by atoms with Crippen molar-refractivity contribution in [2.24, 2.45) is 0 Å². The van der Waals surface area contributed by atoms with E-state index in [0.717, 1.165) is 29.8 Å². The number of carbonyl (C=O) groups excluding carboxylic acids is 1. The van der Waals surface area contributed by atoms with Gasteiger partial charge in [0.2, 0.25) is 0 Å². The molecular formula is C28H29NO3S. The van der Waals surface area contributed by atoms with E-state index in [1.165, 1.54) is 11.1 Å². The zero-order chi connectivity index (χ0) is 22.3. The van der Waals surface area contributed by atoms with Crippen molar-refractivity contribution < 1.29 is 14.5 Å². The van der Waals surface area contributed by atoms with Gasteiger partial charge in [-0.2, -0.15) is 0 Å². The maximum Gasteiger partial charge on any atom is 0.258 e. The summed E-state index contributed by atoms with van der Waals surface area (Å²) in [5.74, 6) is -0.0391. The van der Waals surface area contributed by atoms with Crippen molar-refractivity contribution in [2.75, 3.05) is 11.4 Å². The van der Waals surface area contributed by atoms with Gasteiger partial charge in [0, 0.05) is 27.6 Å². The number of rotatable bonds is 4. The zero-order valence-electron chi connectivity index (χ0n) is 18.7. The average Bonchev–Trinajstić information content (AvgIpc) is 2.84. The topological polar surface area (TPSA) is 68.9 Å². The average molecular weight is 460 g/mol. The van der Waals surface area contributed by atoms with Crippen LogP contribution in [0, 0.1) is 0 Å². The number of para-hydroxylation sites is 1. The van der Waals surface area contributed by atoms with Crippen molar-refractivity contribution in [3.05, 3.63) is 114 Å². The summed E-state index contributed by atoms with van der Waals surface area (Å²) in [5.41, 5.74) is 4.01. The van der Waals surface area contributed by atoms with E-state index in [1.54, 1.807) is 24.3 Å². The van der Waals surface area contributed by atoms with Gasteiger partial charge in [-0.05, 0) is 74.2 Å². The molecular weight excluding hydrogens is 430 g/mol. The van der Waals surface area contributed by atoms with Crippen LogP contribution in [-0.4, -0.2) is 22.1 Å². The summed E-state index contributed by atoms with van der Waals surface area (Å²) in [6.45, 7) is 2.57. The first-order valence-corrected chi connectivity index (χ1v) is 12.1. The number of aryl methyl sites for hydroxylation is 1. The van der Waals surface area contributed by atoms with Crippen LogP contribution in [0.1, 0.15) is 35.7 Å². The second-order valence-electron chi connectivity index (χ2n) is 7.83. The number of fused-ring (bicyclic) bond motifs is 1. The number of amides is 1. The molecule has 3 aromatic rings. The third-order valence-electron chi connectivity index (χ3n) is 5.63. The lowest BCUT2D eigenvalue weighted by molar-refractivity contribution is 0.0988. The van der Waals surface area contributed by atoms with Gasteiger partial charge < -0.3 is 10.4 Å². The fraction of sp³-hybridized carbons (Fsp3) is 0.179. The molecule has 0 radical (unpaired) electrons. The Kier molecular flexibility index (Phi) is 8.52. The molecule has 1 aliphatic rings. The van der Waals surface area contributed by atoms with Crippen LogP contribution < -0.4 is 4.90 Å². The molecule has 0 spiro atoms. The predicted octanol–water partition coefficient (Wildman–Crippen LogP) is 5.51. The van der Waals surface area contributed by atoms with Crippen molar-refractivity contribution in [1.82, 2.24) is 0 Å². The number of benzene rings is 3. The minimum absolute atomic E-state index is 0. The standard InChI is InChI=1S/C28H27NO2S.H2O/c1-2-3-10-22-11-9-13-23-12-7-8-16-27(23)29(21-22)28(30)24-17-19-26(20-18-24)32(31)25-14-5-4-6-15-25;/h2-8,10,12,14-20H,9,11,13,21H2,1H3;1H2/b3-2-,22-10+;. The summed E-state index contributed by atoms with van der Waals surface area (Å²) < 4.78 is 12.8. The van der Waals surface area contributed by atoms with Crippen molar-refractivity contribution in [1.29, 1.82) is 0 Å². The predicted molar refractivity (Wildman–Crippen MR) is 135 cm³/mol. The molecule has 33 heavy (non-hydrogen) atoms. The summed E-state index contributed by atoms with van der Waals surface area (Å²) >= 11 is 0. The molecule has 0 saturated heterocycles. The number of allylic oxidation sites excluding steroid dienone is 3. The molecule has 0 fully saturated rings. The van der Waals surface area contributed by atoms with Crippen molar-refractivity contribution in [3.8, 4) is 0 Å². The van der Waals surface area contributed by atoms with E-state index in [-0.39, 0.29) is 11.4 Å².